The number of ether oxygens (including phenoxy) is 1. The largest absolute Gasteiger partial charge is 0.495 e. The standard InChI is InChI=1S/C36H36Cl3N3O3S/c1-41(36(43)34-30-7-5-4-6-25(30)18-27(21-40)35(34)45-2)22-26(24-8-11-31(38)32(39)19-24)14-17-42-15-12-23(13-16-42)29-10-9-28(37)20-33(29)46(3)44/h4-11,18-20,23,26H,12-17,22H2,1-3H3. The lowest BCUT2D eigenvalue weighted by molar-refractivity contribution is 0.0780. The first-order valence-corrected chi connectivity index (χ1v) is 17.9. The Morgan fingerprint density at radius 2 is 1.80 bits per heavy atom. The van der Waals surface area contributed by atoms with Crippen molar-refractivity contribution in [2.24, 2.45) is 0 Å². The number of benzene rings is 4. The average molecular weight is 697 g/mol. The fourth-order valence-corrected chi connectivity index (χ4v) is 7.87. The van der Waals surface area contributed by atoms with E-state index in [9.17, 15) is 14.3 Å². The van der Waals surface area contributed by atoms with Crippen molar-refractivity contribution >= 4 is 62.3 Å². The SMILES string of the molecule is COc1c(C#N)cc2ccccc2c1C(=O)N(C)CC(CCN1CCC(c2ccc(Cl)cc2S(C)=O)CC1)c1ccc(Cl)c(Cl)c1. The van der Waals surface area contributed by atoms with Crippen LogP contribution < -0.4 is 4.74 Å². The number of rotatable bonds is 10. The van der Waals surface area contributed by atoms with Crippen LogP contribution >= 0.6 is 34.8 Å². The van der Waals surface area contributed by atoms with Crippen LogP contribution in [0.4, 0.5) is 0 Å². The summed E-state index contributed by atoms with van der Waals surface area (Å²) in [5.74, 6) is 0.366. The van der Waals surface area contributed by atoms with E-state index in [0.717, 1.165) is 65.7 Å². The number of nitrogens with zero attached hydrogens (tertiary/aromatic N) is 3. The van der Waals surface area contributed by atoms with E-state index in [1.165, 1.54) is 7.11 Å². The van der Waals surface area contributed by atoms with Gasteiger partial charge >= 0.3 is 0 Å². The number of fused-ring (bicyclic) bond motifs is 1. The summed E-state index contributed by atoms with van der Waals surface area (Å²) in [6.45, 7) is 3.09. The van der Waals surface area contributed by atoms with Crippen LogP contribution in [-0.2, 0) is 10.8 Å². The number of carbonyl (C=O) groups excluding carboxylic acids is 1. The maximum Gasteiger partial charge on any atom is 0.258 e. The van der Waals surface area contributed by atoms with Gasteiger partial charge in [0.1, 0.15) is 11.8 Å². The number of likely N-dealkylation sites (N-methyl/N-ethyl adjacent to an activating group) is 1. The highest BCUT2D eigenvalue weighted by Gasteiger charge is 2.28. The molecule has 1 fully saturated rings. The molecule has 0 N–H and O–H groups in total. The molecule has 0 radical (unpaired) electrons. The van der Waals surface area contributed by atoms with E-state index in [-0.39, 0.29) is 17.6 Å². The van der Waals surface area contributed by atoms with Crippen LogP contribution in [0.25, 0.3) is 10.8 Å². The Hall–Kier alpha value is -3.12. The van der Waals surface area contributed by atoms with Gasteiger partial charge in [-0.1, -0.05) is 71.2 Å². The summed E-state index contributed by atoms with van der Waals surface area (Å²) >= 11 is 18.9. The Kier molecular flexibility index (Phi) is 11.3. The molecule has 2 unspecified atom stereocenters. The minimum absolute atomic E-state index is 0.0248. The summed E-state index contributed by atoms with van der Waals surface area (Å²) in [5.41, 5.74) is 2.83. The number of carbonyl (C=O) groups is 1. The highest BCUT2D eigenvalue weighted by atomic mass is 35.5. The van der Waals surface area contributed by atoms with E-state index in [1.54, 1.807) is 30.3 Å². The molecular weight excluding hydrogens is 661 g/mol. The summed E-state index contributed by atoms with van der Waals surface area (Å²) in [6, 6.07) is 22.9. The predicted molar refractivity (Wildman–Crippen MR) is 188 cm³/mol. The minimum atomic E-state index is -1.11. The monoisotopic (exact) mass is 695 g/mol. The third kappa shape index (κ3) is 7.54. The van der Waals surface area contributed by atoms with Gasteiger partial charge in [-0.2, -0.15) is 5.26 Å². The lowest BCUT2D eigenvalue weighted by Gasteiger charge is -2.34. The Bertz CT molecular complexity index is 1820. The normalized spacial score (nSPS) is 15.3. The molecule has 4 aromatic rings. The van der Waals surface area contributed by atoms with Gasteiger partial charge in [0, 0.05) is 35.7 Å². The first kappa shape index (κ1) is 34.2. The molecule has 1 heterocycles. The molecule has 1 saturated heterocycles. The maximum absolute atomic E-state index is 14.1. The van der Waals surface area contributed by atoms with Crippen molar-refractivity contribution in [1.82, 2.24) is 9.80 Å². The number of nitriles is 1. The molecule has 1 amide bonds. The van der Waals surface area contributed by atoms with Gasteiger partial charge in [0.2, 0.25) is 0 Å². The van der Waals surface area contributed by atoms with Crippen LogP contribution in [0.5, 0.6) is 5.75 Å². The van der Waals surface area contributed by atoms with Gasteiger partial charge < -0.3 is 14.5 Å². The molecule has 0 spiro atoms. The second kappa shape index (κ2) is 15.2. The first-order valence-electron chi connectivity index (χ1n) is 15.2. The highest BCUT2D eigenvalue weighted by molar-refractivity contribution is 7.84. The Morgan fingerprint density at radius 1 is 1.07 bits per heavy atom. The summed E-state index contributed by atoms with van der Waals surface area (Å²) < 4.78 is 18.0. The molecule has 0 bridgehead atoms. The topological polar surface area (TPSA) is 73.6 Å². The van der Waals surface area contributed by atoms with Crippen LogP contribution in [-0.4, -0.2) is 66.5 Å². The number of piperidine rings is 1. The summed E-state index contributed by atoms with van der Waals surface area (Å²) in [6.07, 6.45) is 4.42. The van der Waals surface area contributed by atoms with Gasteiger partial charge in [-0.15, -0.1) is 0 Å². The third-order valence-electron chi connectivity index (χ3n) is 8.90. The number of likely N-dealkylation sites (tertiary alicyclic amines) is 1. The van der Waals surface area contributed by atoms with Gasteiger partial charge in [-0.25, -0.2) is 0 Å². The number of hydrogen-bond acceptors (Lipinski definition) is 5. The van der Waals surface area contributed by atoms with E-state index >= 15 is 0 Å². The molecule has 240 valence electrons. The van der Waals surface area contributed by atoms with E-state index in [4.69, 9.17) is 39.5 Å². The van der Waals surface area contributed by atoms with Gasteiger partial charge in [0.25, 0.3) is 5.91 Å². The van der Waals surface area contributed by atoms with Gasteiger partial charge in [-0.3, -0.25) is 9.00 Å². The fourth-order valence-electron chi connectivity index (χ4n) is 6.47. The van der Waals surface area contributed by atoms with Crippen molar-refractivity contribution in [3.63, 3.8) is 0 Å². The zero-order chi connectivity index (χ0) is 33.0. The van der Waals surface area contributed by atoms with Crippen LogP contribution in [0.1, 0.15) is 58.1 Å². The molecule has 0 saturated carbocycles. The van der Waals surface area contributed by atoms with Crippen LogP contribution in [0.2, 0.25) is 15.1 Å². The molecule has 1 aliphatic heterocycles. The zero-order valence-corrected chi connectivity index (χ0v) is 29.1. The smallest absolute Gasteiger partial charge is 0.258 e. The van der Waals surface area contributed by atoms with Crippen LogP contribution in [0.3, 0.4) is 0 Å². The van der Waals surface area contributed by atoms with Gasteiger partial charge in [-0.05, 0) is 97.0 Å². The molecule has 0 aliphatic carbocycles. The molecule has 46 heavy (non-hydrogen) atoms. The third-order valence-corrected chi connectivity index (χ3v) is 10.8. The van der Waals surface area contributed by atoms with E-state index in [2.05, 4.69) is 11.0 Å². The summed E-state index contributed by atoms with van der Waals surface area (Å²) in [7, 11) is 2.16. The minimum Gasteiger partial charge on any atom is -0.495 e. The average Bonchev–Trinajstić information content (AvgIpc) is 3.06. The molecule has 2 atom stereocenters. The predicted octanol–water partition coefficient (Wildman–Crippen LogP) is 8.54. The second-order valence-electron chi connectivity index (χ2n) is 11.8. The molecule has 5 rings (SSSR count). The first-order chi connectivity index (χ1) is 22.1. The Morgan fingerprint density at radius 3 is 2.48 bits per heavy atom. The molecule has 6 nitrogen and oxygen atoms in total. The van der Waals surface area contributed by atoms with Crippen molar-refractivity contribution in [2.45, 2.75) is 36.0 Å². The van der Waals surface area contributed by atoms with Crippen molar-refractivity contribution in [1.29, 1.82) is 5.26 Å². The quantitative estimate of drug-likeness (QED) is 0.166. The summed E-state index contributed by atoms with van der Waals surface area (Å²) in [4.78, 5) is 19.1. The molecule has 10 heteroatoms. The fraction of sp³-hybridized carbons (Fsp3) is 0.333. The van der Waals surface area contributed by atoms with Crippen molar-refractivity contribution < 1.29 is 13.7 Å². The Labute approximate surface area is 288 Å². The molecule has 4 aromatic carbocycles. The van der Waals surface area contributed by atoms with Gasteiger partial charge in [0.05, 0.1) is 39.1 Å². The van der Waals surface area contributed by atoms with Crippen molar-refractivity contribution in [3.05, 3.63) is 104 Å². The Balaban J connectivity index is 1.34. The summed E-state index contributed by atoms with van der Waals surface area (Å²) in [5, 5.41) is 12.9. The highest BCUT2D eigenvalue weighted by Crippen LogP contribution is 2.36. The lowest BCUT2D eigenvalue weighted by atomic mass is 9.88. The number of halogens is 3. The molecule has 0 aromatic heterocycles. The second-order valence-corrected chi connectivity index (χ2v) is 14.4. The van der Waals surface area contributed by atoms with E-state index in [0.29, 0.717) is 38.7 Å². The van der Waals surface area contributed by atoms with Crippen molar-refractivity contribution in [2.75, 3.05) is 46.6 Å². The molecule has 1 aliphatic rings. The van der Waals surface area contributed by atoms with Crippen LogP contribution in [0.15, 0.2) is 71.6 Å². The number of hydrogen-bond donors (Lipinski definition) is 0. The van der Waals surface area contributed by atoms with Crippen LogP contribution in [0, 0.1) is 11.3 Å². The van der Waals surface area contributed by atoms with Gasteiger partial charge in [0.15, 0.2) is 0 Å². The number of amides is 1. The molecular formula is C36H36Cl3N3O3S. The van der Waals surface area contributed by atoms with E-state index < -0.39 is 10.8 Å². The number of methoxy groups -OCH3 is 1. The lowest BCUT2D eigenvalue weighted by Crippen LogP contribution is -2.36. The zero-order valence-electron chi connectivity index (χ0n) is 26.1. The van der Waals surface area contributed by atoms with Crippen molar-refractivity contribution in [3.8, 4) is 11.8 Å². The maximum atomic E-state index is 14.1. The van der Waals surface area contributed by atoms with E-state index in [1.807, 2.05) is 54.6 Å².